The molecule has 2 aromatic heterocycles. The van der Waals surface area contributed by atoms with E-state index in [2.05, 4.69) is 15.5 Å². The molecular weight excluding hydrogens is 356 g/mol. The average Bonchev–Trinajstić information content (AvgIpc) is 3.35. The first-order valence-corrected chi connectivity index (χ1v) is 7.85. The molecule has 0 aliphatic rings. The van der Waals surface area contributed by atoms with Crippen molar-refractivity contribution in [2.45, 2.75) is 0 Å². The largest absolute Gasteiger partial charge is 0.459 e. The zero-order chi connectivity index (χ0) is 18.8. The maximum absolute atomic E-state index is 13.8. The normalized spacial score (nSPS) is 10.7. The molecule has 6 nitrogen and oxygen atoms in total. The van der Waals surface area contributed by atoms with Crippen LogP contribution in [0.2, 0.25) is 0 Å². The third-order valence-corrected chi connectivity index (χ3v) is 3.72. The molecule has 8 heteroatoms. The van der Waals surface area contributed by atoms with Gasteiger partial charge in [0.05, 0.1) is 11.8 Å². The van der Waals surface area contributed by atoms with Gasteiger partial charge in [-0.05, 0) is 42.5 Å². The van der Waals surface area contributed by atoms with Crippen LogP contribution in [-0.4, -0.2) is 16.1 Å². The average molecular weight is 367 g/mol. The van der Waals surface area contributed by atoms with Gasteiger partial charge in [0.2, 0.25) is 5.89 Å². The molecule has 0 spiro atoms. The molecule has 0 aliphatic carbocycles. The number of amides is 1. The Hall–Kier alpha value is -3.81. The van der Waals surface area contributed by atoms with Gasteiger partial charge in [0, 0.05) is 11.3 Å². The first kappa shape index (κ1) is 16.6. The smallest absolute Gasteiger partial charge is 0.283 e. The lowest BCUT2D eigenvalue weighted by atomic mass is 10.1. The topological polar surface area (TPSA) is 81.2 Å². The van der Waals surface area contributed by atoms with Crippen molar-refractivity contribution in [3.8, 4) is 23.1 Å². The summed E-state index contributed by atoms with van der Waals surface area (Å²) in [7, 11) is 0. The van der Waals surface area contributed by atoms with Crippen LogP contribution in [0.1, 0.15) is 10.4 Å². The van der Waals surface area contributed by atoms with Crippen molar-refractivity contribution >= 4 is 11.6 Å². The maximum atomic E-state index is 13.8. The molecule has 4 rings (SSSR count). The monoisotopic (exact) mass is 367 g/mol. The number of hydrogen-bond acceptors (Lipinski definition) is 5. The Labute approximate surface area is 151 Å². The predicted octanol–water partition coefficient (Wildman–Crippen LogP) is 4.53. The third kappa shape index (κ3) is 3.32. The van der Waals surface area contributed by atoms with Crippen LogP contribution in [0.25, 0.3) is 23.1 Å². The Bertz CT molecular complexity index is 1110. The standard InChI is InChI=1S/C19H11F2N3O3/c20-14-7-2-6-13(16(14)21)17(25)22-12-5-1-4-11(10-12)18-23-24-19(27-18)15-8-3-9-26-15/h1-10H,(H,22,25). The summed E-state index contributed by atoms with van der Waals surface area (Å²) in [4.78, 5) is 12.2. The summed E-state index contributed by atoms with van der Waals surface area (Å²) in [6, 6.07) is 13.3. The number of carbonyl (C=O) groups excluding carboxylic acids is 1. The lowest BCUT2D eigenvalue weighted by Gasteiger charge is -2.07. The van der Waals surface area contributed by atoms with Crippen LogP contribution in [0, 0.1) is 11.6 Å². The van der Waals surface area contributed by atoms with E-state index in [9.17, 15) is 13.6 Å². The Kier molecular flexibility index (Phi) is 4.21. The minimum atomic E-state index is -1.20. The van der Waals surface area contributed by atoms with Crippen LogP contribution in [0.4, 0.5) is 14.5 Å². The highest BCUT2D eigenvalue weighted by atomic mass is 19.2. The Morgan fingerprint density at radius 3 is 2.59 bits per heavy atom. The first-order valence-electron chi connectivity index (χ1n) is 7.85. The van der Waals surface area contributed by atoms with Crippen LogP contribution >= 0.6 is 0 Å². The number of furan rings is 1. The lowest BCUT2D eigenvalue weighted by Crippen LogP contribution is -2.14. The molecule has 0 fully saturated rings. The van der Waals surface area contributed by atoms with Gasteiger partial charge in [-0.15, -0.1) is 10.2 Å². The van der Waals surface area contributed by atoms with Crippen molar-refractivity contribution in [1.29, 1.82) is 0 Å². The van der Waals surface area contributed by atoms with Gasteiger partial charge in [-0.3, -0.25) is 4.79 Å². The Balaban J connectivity index is 1.58. The lowest BCUT2D eigenvalue weighted by molar-refractivity contribution is 0.102. The number of benzene rings is 2. The summed E-state index contributed by atoms with van der Waals surface area (Å²) < 4.78 is 37.8. The molecule has 0 unspecified atom stereocenters. The summed E-state index contributed by atoms with van der Waals surface area (Å²) in [5.74, 6) is -2.20. The number of aromatic nitrogens is 2. The molecule has 1 amide bonds. The number of rotatable bonds is 4. The number of halogens is 2. The number of carbonyl (C=O) groups is 1. The minimum absolute atomic E-state index is 0.214. The predicted molar refractivity (Wildman–Crippen MR) is 91.7 cm³/mol. The number of hydrogen-bond donors (Lipinski definition) is 1. The van der Waals surface area contributed by atoms with Gasteiger partial charge in [0.25, 0.3) is 11.8 Å². The second-order valence-corrected chi connectivity index (χ2v) is 5.53. The van der Waals surface area contributed by atoms with Crippen molar-refractivity contribution in [3.05, 3.63) is 78.1 Å². The van der Waals surface area contributed by atoms with E-state index in [0.29, 0.717) is 17.0 Å². The minimum Gasteiger partial charge on any atom is -0.459 e. The zero-order valence-corrected chi connectivity index (χ0v) is 13.6. The van der Waals surface area contributed by atoms with Crippen molar-refractivity contribution in [1.82, 2.24) is 10.2 Å². The summed E-state index contributed by atoms with van der Waals surface area (Å²) in [5, 5.41) is 10.4. The molecule has 0 saturated heterocycles. The van der Waals surface area contributed by atoms with Crippen LogP contribution in [0.3, 0.4) is 0 Å². The molecule has 27 heavy (non-hydrogen) atoms. The third-order valence-electron chi connectivity index (χ3n) is 3.72. The van der Waals surface area contributed by atoms with Crippen LogP contribution < -0.4 is 5.32 Å². The van der Waals surface area contributed by atoms with Gasteiger partial charge < -0.3 is 14.2 Å². The molecule has 0 radical (unpaired) electrons. The van der Waals surface area contributed by atoms with E-state index in [1.54, 1.807) is 36.4 Å². The number of anilines is 1. The van der Waals surface area contributed by atoms with Gasteiger partial charge >= 0.3 is 0 Å². The fraction of sp³-hybridized carbons (Fsp3) is 0. The van der Waals surface area contributed by atoms with Crippen molar-refractivity contribution in [2.75, 3.05) is 5.32 Å². The highest BCUT2D eigenvalue weighted by molar-refractivity contribution is 6.04. The summed E-state index contributed by atoms with van der Waals surface area (Å²) in [6.45, 7) is 0. The second-order valence-electron chi connectivity index (χ2n) is 5.53. The highest BCUT2D eigenvalue weighted by Gasteiger charge is 2.16. The molecule has 4 aromatic rings. The van der Waals surface area contributed by atoms with Gasteiger partial charge in [0.15, 0.2) is 17.4 Å². The molecule has 2 heterocycles. The number of nitrogens with zero attached hydrogens (tertiary/aromatic N) is 2. The quantitative estimate of drug-likeness (QED) is 0.573. The van der Waals surface area contributed by atoms with Crippen molar-refractivity contribution in [3.63, 3.8) is 0 Å². The van der Waals surface area contributed by atoms with E-state index in [4.69, 9.17) is 8.83 Å². The second kappa shape index (κ2) is 6.83. The molecule has 0 bridgehead atoms. The van der Waals surface area contributed by atoms with E-state index < -0.39 is 23.1 Å². The summed E-state index contributed by atoms with van der Waals surface area (Å²) in [5.41, 5.74) is 0.509. The first-order chi connectivity index (χ1) is 13.1. The molecule has 0 saturated carbocycles. The van der Waals surface area contributed by atoms with E-state index >= 15 is 0 Å². The Morgan fingerprint density at radius 1 is 0.963 bits per heavy atom. The van der Waals surface area contributed by atoms with Gasteiger partial charge in [-0.1, -0.05) is 12.1 Å². The number of nitrogens with one attached hydrogen (secondary N) is 1. The maximum Gasteiger partial charge on any atom is 0.283 e. The van der Waals surface area contributed by atoms with Crippen LogP contribution in [0.5, 0.6) is 0 Å². The summed E-state index contributed by atoms with van der Waals surface area (Å²) in [6.07, 6.45) is 1.49. The van der Waals surface area contributed by atoms with E-state index in [1.807, 2.05) is 0 Å². The van der Waals surface area contributed by atoms with E-state index in [0.717, 1.165) is 6.07 Å². The molecule has 1 N–H and O–H groups in total. The van der Waals surface area contributed by atoms with Crippen LogP contribution in [-0.2, 0) is 0 Å². The molecule has 0 aliphatic heterocycles. The highest BCUT2D eigenvalue weighted by Crippen LogP contribution is 2.26. The van der Waals surface area contributed by atoms with E-state index in [1.165, 1.54) is 18.4 Å². The van der Waals surface area contributed by atoms with Crippen LogP contribution in [0.15, 0.2) is 69.7 Å². The fourth-order valence-electron chi connectivity index (χ4n) is 2.45. The Morgan fingerprint density at radius 2 is 1.78 bits per heavy atom. The zero-order valence-electron chi connectivity index (χ0n) is 13.6. The van der Waals surface area contributed by atoms with Gasteiger partial charge in [-0.2, -0.15) is 0 Å². The van der Waals surface area contributed by atoms with Crippen molar-refractivity contribution < 1.29 is 22.4 Å². The molecular formula is C19H11F2N3O3. The summed E-state index contributed by atoms with van der Waals surface area (Å²) >= 11 is 0. The SMILES string of the molecule is O=C(Nc1cccc(-c2nnc(-c3ccco3)o2)c1)c1cccc(F)c1F. The van der Waals surface area contributed by atoms with Gasteiger partial charge in [-0.25, -0.2) is 8.78 Å². The van der Waals surface area contributed by atoms with Gasteiger partial charge in [0.1, 0.15) is 0 Å². The molecule has 134 valence electrons. The van der Waals surface area contributed by atoms with E-state index in [-0.39, 0.29) is 11.8 Å². The molecule has 0 atom stereocenters. The van der Waals surface area contributed by atoms with Crippen molar-refractivity contribution in [2.24, 2.45) is 0 Å². The fourth-order valence-corrected chi connectivity index (χ4v) is 2.45. The molecule has 2 aromatic carbocycles.